The summed E-state index contributed by atoms with van der Waals surface area (Å²) in [5.41, 5.74) is 0.547. The number of nitrogens with zero attached hydrogens (tertiary/aromatic N) is 1. The van der Waals surface area contributed by atoms with Crippen molar-refractivity contribution in [1.82, 2.24) is 4.90 Å². The fourth-order valence-electron chi connectivity index (χ4n) is 2.65. The highest BCUT2D eigenvalue weighted by molar-refractivity contribution is 7.20. The first-order chi connectivity index (χ1) is 8.61. The molecule has 0 radical (unpaired) electrons. The van der Waals surface area contributed by atoms with Gasteiger partial charge in [0.1, 0.15) is 4.34 Å². The van der Waals surface area contributed by atoms with Gasteiger partial charge in [-0.3, -0.25) is 9.69 Å². The quantitative estimate of drug-likeness (QED) is 0.804. The van der Waals surface area contributed by atoms with E-state index in [0.717, 1.165) is 25.9 Å². The molecule has 3 nitrogen and oxygen atoms in total. The van der Waals surface area contributed by atoms with Gasteiger partial charge in [-0.2, -0.15) is 0 Å². The summed E-state index contributed by atoms with van der Waals surface area (Å²) in [5.74, 6) is 0.0458. The molecule has 0 saturated carbocycles. The van der Waals surface area contributed by atoms with E-state index in [1.807, 2.05) is 0 Å². The van der Waals surface area contributed by atoms with Gasteiger partial charge in [0.05, 0.1) is 28.7 Å². The molecule has 3 heterocycles. The summed E-state index contributed by atoms with van der Waals surface area (Å²) < 4.78 is 6.79. The van der Waals surface area contributed by atoms with E-state index in [-0.39, 0.29) is 5.78 Å². The molecule has 0 aromatic carbocycles. The summed E-state index contributed by atoms with van der Waals surface area (Å²) in [6.07, 6.45) is 2.83. The smallest absolute Gasteiger partial charge is 0.179 e. The van der Waals surface area contributed by atoms with Gasteiger partial charge in [0, 0.05) is 13.1 Å². The molecular weight excluding hydrogens is 293 g/mol. The molecule has 0 N–H and O–H groups in total. The summed E-state index contributed by atoms with van der Waals surface area (Å²) >= 11 is 13.1. The second-order valence-electron chi connectivity index (χ2n) is 4.81. The molecule has 6 heteroatoms. The van der Waals surface area contributed by atoms with Crippen molar-refractivity contribution in [2.45, 2.75) is 25.0 Å². The second-order valence-corrected chi connectivity index (χ2v) is 7.10. The molecule has 18 heavy (non-hydrogen) atoms. The van der Waals surface area contributed by atoms with Crippen LogP contribution in [0.5, 0.6) is 0 Å². The Bertz CT molecular complexity index is 465. The van der Waals surface area contributed by atoms with Gasteiger partial charge in [0.25, 0.3) is 0 Å². The number of hydrogen-bond acceptors (Lipinski definition) is 4. The van der Waals surface area contributed by atoms with E-state index >= 15 is 0 Å². The highest BCUT2D eigenvalue weighted by Gasteiger charge is 2.34. The van der Waals surface area contributed by atoms with Crippen LogP contribution in [0.2, 0.25) is 8.67 Å². The predicted molar refractivity (Wildman–Crippen MR) is 73.0 cm³/mol. The van der Waals surface area contributed by atoms with Crippen molar-refractivity contribution >= 4 is 40.3 Å². The van der Waals surface area contributed by atoms with E-state index in [2.05, 4.69) is 4.90 Å². The Labute approximate surface area is 120 Å². The molecule has 0 amide bonds. The Hall–Kier alpha value is -0.130. The lowest BCUT2D eigenvalue weighted by molar-refractivity contribution is -0.0355. The van der Waals surface area contributed by atoms with Crippen LogP contribution in [0.15, 0.2) is 6.07 Å². The second kappa shape index (κ2) is 5.10. The molecule has 1 aromatic rings. The number of ketones is 1. The third-order valence-electron chi connectivity index (χ3n) is 3.44. The van der Waals surface area contributed by atoms with Gasteiger partial charge in [-0.25, -0.2) is 0 Å². The zero-order valence-corrected chi connectivity index (χ0v) is 12.0. The molecule has 2 aliphatic heterocycles. The van der Waals surface area contributed by atoms with E-state index in [0.29, 0.717) is 33.0 Å². The molecule has 2 unspecified atom stereocenters. The van der Waals surface area contributed by atoms with Crippen molar-refractivity contribution < 1.29 is 9.53 Å². The number of Topliss-reactive ketones (excluding diaryl/α,β-unsaturated/α-hetero) is 1. The van der Waals surface area contributed by atoms with Crippen LogP contribution in [0.3, 0.4) is 0 Å². The zero-order valence-electron chi connectivity index (χ0n) is 9.70. The Morgan fingerprint density at radius 2 is 2.06 bits per heavy atom. The van der Waals surface area contributed by atoms with Gasteiger partial charge in [0.15, 0.2) is 5.78 Å². The van der Waals surface area contributed by atoms with Gasteiger partial charge in [0.2, 0.25) is 0 Å². The van der Waals surface area contributed by atoms with Crippen LogP contribution in [-0.4, -0.2) is 42.5 Å². The van der Waals surface area contributed by atoms with E-state index < -0.39 is 0 Å². The lowest BCUT2D eigenvalue weighted by Crippen LogP contribution is -2.44. The van der Waals surface area contributed by atoms with Crippen LogP contribution < -0.4 is 0 Å². The average Bonchev–Trinajstić information content (AvgIpc) is 2.81. The van der Waals surface area contributed by atoms with E-state index in [4.69, 9.17) is 27.9 Å². The molecule has 0 aliphatic carbocycles. The molecule has 2 bridgehead atoms. The van der Waals surface area contributed by atoms with Crippen molar-refractivity contribution in [3.8, 4) is 0 Å². The topological polar surface area (TPSA) is 29.5 Å². The number of fused-ring (bicyclic) bond motifs is 2. The number of ether oxygens (including phenoxy) is 1. The Morgan fingerprint density at radius 1 is 1.39 bits per heavy atom. The number of morpholine rings is 1. The summed E-state index contributed by atoms with van der Waals surface area (Å²) in [6, 6.07) is 1.66. The maximum Gasteiger partial charge on any atom is 0.179 e. The average molecular weight is 306 g/mol. The van der Waals surface area contributed by atoms with E-state index in [1.165, 1.54) is 11.3 Å². The number of rotatable bonds is 3. The molecule has 2 aliphatic rings. The summed E-state index contributed by atoms with van der Waals surface area (Å²) in [7, 11) is 0. The maximum atomic E-state index is 12.2. The number of halogens is 2. The van der Waals surface area contributed by atoms with E-state index in [9.17, 15) is 4.79 Å². The highest BCUT2D eigenvalue weighted by Crippen LogP contribution is 2.32. The largest absolute Gasteiger partial charge is 0.372 e. The minimum atomic E-state index is 0.0458. The van der Waals surface area contributed by atoms with Crippen LogP contribution >= 0.6 is 34.5 Å². The highest BCUT2D eigenvalue weighted by atomic mass is 35.5. The standard InChI is InChI=1S/C12H13Cl2NO2S/c13-11-3-9(12(14)18-11)10(16)6-15-4-7-1-2-8(5-15)17-7/h3,7-8H,1-2,4-6H2. The fourth-order valence-corrected chi connectivity index (χ4v) is 4.15. The normalized spacial score (nSPS) is 27.7. The maximum absolute atomic E-state index is 12.2. The van der Waals surface area contributed by atoms with Gasteiger partial charge >= 0.3 is 0 Å². The van der Waals surface area contributed by atoms with Crippen molar-refractivity contribution in [2.24, 2.45) is 0 Å². The van der Waals surface area contributed by atoms with Crippen LogP contribution in [0.4, 0.5) is 0 Å². The minimum Gasteiger partial charge on any atom is -0.372 e. The molecule has 2 saturated heterocycles. The Balaban J connectivity index is 1.66. The number of thiophene rings is 1. The van der Waals surface area contributed by atoms with Crippen molar-refractivity contribution in [3.05, 3.63) is 20.3 Å². The molecule has 2 fully saturated rings. The molecule has 3 rings (SSSR count). The van der Waals surface area contributed by atoms with Crippen molar-refractivity contribution in [2.75, 3.05) is 19.6 Å². The van der Waals surface area contributed by atoms with Crippen molar-refractivity contribution in [3.63, 3.8) is 0 Å². The van der Waals surface area contributed by atoms with Gasteiger partial charge in [-0.1, -0.05) is 23.2 Å². The SMILES string of the molecule is O=C(CN1CC2CCC(C1)O2)c1cc(Cl)sc1Cl. The third-order valence-corrected chi connectivity index (χ3v) is 4.93. The number of hydrogen-bond donors (Lipinski definition) is 0. The molecule has 98 valence electrons. The van der Waals surface area contributed by atoms with E-state index in [1.54, 1.807) is 6.07 Å². The number of carbonyl (C=O) groups excluding carboxylic acids is 1. The van der Waals surface area contributed by atoms with Gasteiger partial charge < -0.3 is 4.74 Å². The summed E-state index contributed by atoms with van der Waals surface area (Å²) in [6.45, 7) is 2.10. The first kappa shape index (κ1) is 12.9. The van der Waals surface area contributed by atoms with Crippen LogP contribution in [-0.2, 0) is 4.74 Å². The van der Waals surface area contributed by atoms with Gasteiger partial charge in [-0.05, 0) is 18.9 Å². The first-order valence-corrected chi connectivity index (χ1v) is 7.55. The summed E-state index contributed by atoms with van der Waals surface area (Å²) in [5, 5.41) is 0. The fraction of sp³-hybridized carbons (Fsp3) is 0.583. The Morgan fingerprint density at radius 3 is 2.61 bits per heavy atom. The predicted octanol–water partition coefficient (Wildman–Crippen LogP) is 3.10. The Kier molecular flexibility index (Phi) is 3.65. The number of likely N-dealkylation sites (tertiary alicyclic amines) is 1. The minimum absolute atomic E-state index is 0.0458. The molecule has 2 atom stereocenters. The molecule has 1 aromatic heterocycles. The first-order valence-electron chi connectivity index (χ1n) is 5.97. The van der Waals surface area contributed by atoms with Crippen LogP contribution in [0, 0.1) is 0 Å². The number of carbonyl (C=O) groups is 1. The van der Waals surface area contributed by atoms with Crippen LogP contribution in [0.25, 0.3) is 0 Å². The van der Waals surface area contributed by atoms with Crippen LogP contribution in [0.1, 0.15) is 23.2 Å². The molecular formula is C12H13Cl2NO2S. The third kappa shape index (κ3) is 2.58. The summed E-state index contributed by atoms with van der Waals surface area (Å²) in [4.78, 5) is 14.3. The zero-order chi connectivity index (χ0) is 12.7. The van der Waals surface area contributed by atoms with Crippen molar-refractivity contribution in [1.29, 1.82) is 0 Å². The van der Waals surface area contributed by atoms with Gasteiger partial charge in [-0.15, -0.1) is 11.3 Å². The lowest BCUT2D eigenvalue weighted by Gasteiger charge is -2.31. The molecule has 0 spiro atoms. The monoisotopic (exact) mass is 305 g/mol. The lowest BCUT2D eigenvalue weighted by atomic mass is 10.2.